The topological polar surface area (TPSA) is 71.5 Å². The zero-order chi connectivity index (χ0) is 20.0. The van der Waals surface area contributed by atoms with Gasteiger partial charge in [0.1, 0.15) is 12.2 Å². The second-order valence-corrected chi connectivity index (χ2v) is 7.85. The number of urea groups is 1. The van der Waals surface area contributed by atoms with Gasteiger partial charge >= 0.3 is 6.03 Å². The minimum Gasteiger partial charge on any atom is -0.310 e. The molecule has 0 radical (unpaired) electrons. The van der Waals surface area contributed by atoms with Gasteiger partial charge in [0, 0.05) is 25.8 Å². The predicted octanol–water partition coefficient (Wildman–Crippen LogP) is 1.37. The van der Waals surface area contributed by atoms with Crippen molar-refractivity contribution < 1.29 is 9.59 Å². The van der Waals surface area contributed by atoms with Gasteiger partial charge in [-0.15, -0.1) is 0 Å². The maximum Gasteiger partial charge on any atom is 0.327 e. The van der Waals surface area contributed by atoms with Crippen molar-refractivity contribution >= 4 is 17.6 Å². The van der Waals surface area contributed by atoms with Crippen LogP contribution >= 0.6 is 0 Å². The van der Waals surface area contributed by atoms with Gasteiger partial charge in [-0.25, -0.2) is 9.69 Å². The number of benzene rings is 1. The second kappa shape index (κ2) is 7.18. The number of aryl methyl sites for hydroxylation is 1. The molecule has 3 aliphatic heterocycles. The van der Waals surface area contributed by atoms with Crippen LogP contribution in [0.5, 0.6) is 0 Å². The van der Waals surface area contributed by atoms with Gasteiger partial charge in [0.25, 0.3) is 5.91 Å². The first kappa shape index (κ1) is 18.9. The van der Waals surface area contributed by atoms with E-state index in [2.05, 4.69) is 29.3 Å². The number of hydrogen-bond acceptors (Lipinski definition) is 6. The first-order valence-corrected chi connectivity index (χ1v) is 9.87. The Hall–Kier alpha value is -2.45. The molecule has 3 aliphatic rings. The van der Waals surface area contributed by atoms with Crippen molar-refractivity contribution in [3.63, 3.8) is 0 Å². The lowest BCUT2D eigenvalue weighted by Gasteiger charge is -2.42. The van der Waals surface area contributed by atoms with Crippen LogP contribution in [0.4, 0.5) is 4.79 Å². The molecule has 8 nitrogen and oxygen atoms in total. The average Bonchev–Trinajstić information content (AvgIpc) is 3.05. The highest BCUT2D eigenvalue weighted by Crippen LogP contribution is 2.31. The average molecular weight is 384 g/mol. The van der Waals surface area contributed by atoms with Crippen molar-refractivity contribution in [2.24, 2.45) is 5.10 Å². The molecule has 2 saturated heterocycles. The Labute approximate surface area is 165 Å². The summed E-state index contributed by atoms with van der Waals surface area (Å²) in [6, 6.07) is 7.62. The molecule has 2 fully saturated rings. The van der Waals surface area contributed by atoms with E-state index in [0.717, 1.165) is 12.1 Å². The van der Waals surface area contributed by atoms with E-state index in [-0.39, 0.29) is 24.4 Å². The van der Waals surface area contributed by atoms with E-state index in [1.165, 1.54) is 16.0 Å². The highest BCUT2D eigenvalue weighted by atomic mass is 16.2. The predicted molar refractivity (Wildman–Crippen MR) is 106 cm³/mol. The molecule has 0 aromatic heterocycles. The second-order valence-electron chi connectivity index (χ2n) is 7.85. The molecule has 8 heteroatoms. The number of hydrogen-bond donors (Lipinski definition) is 1. The van der Waals surface area contributed by atoms with E-state index in [0.29, 0.717) is 19.6 Å². The van der Waals surface area contributed by atoms with Crippen LogP contribution in [0.1, 0.15) is 31.4 Å². The Balaban J connectivity index is 1.64. The van der Waals surface area contributed by atoms with Crippen molar-refractivity contribution in [1.29, 1.82) is 0 Å². The summed E-state index contributed by atoms with van der Waals surface area (Å²) in [4.78, 5) is 31.0. The Morgan fingerprint density at radius 1 is 1.21 bits per heavy atom. The third-order valence-electron chi connectivity index (χ3n) is 5.79. The number of fused-ring (bicyclic) bond motifs is 3. The van der Waals surface area contributed by atoms with Gasteiger partial charge in [0.05, 0.1) is 6.54 Å². The van der Waals surface area contributed by atoms with Crippen LogP contribution in [0.2, 0.25) is 0 Å². The molecule has 0 saturated carbocycles. The summed E-state index contributed by atoms with van der Waals surface area (Å²) in [5.74, 6) is -0.115. The van der Waals surface area contributed by atoms with Gasteiger partial charge in [-0.2, -0.15) is 5.10 Å². The molecule has 3 heterocycles. The fraction of sp³-hybridized carbons (Fsp3) is 0.550. The molecule has 28 heavy (non-hydrogen) atoms. The first-order chi connectivity index (χ1) is 13.4. The normalized spacial score (nSPS) is 27.8. The number of rotatable bonds is 4. The summed E-state index contributed by atoms with van der Waals surface area (Å²) in [5, 5.41) is 10.2. The Kier molecular flexibility index (Phi) is 4.84. The SMILES string of the molecule is CCCN1C(=O)C2C(NC3N(Cc4ccccc4C)N=C(C)CN23)N(C)C1=O. The van der Waals surface area contributed by atoms with E-state index >= 15 is 0 Å². The van der Waals surface area contributed by atoms with Crippen LogP contribution in [0, 0.1) is 6.92 Å². The van der Waals surface area contributed by atoms with Gasteiger partial charge in [-0.1, -0.05) is 31.2 Å². The minimum atomic E-state index is -0.399. The first-order valence-electron chi connectivity index (χ1n) is 9.87. The van der Waals surface area contributed by atoms with Crippen LogP contribution in [0.25, 0.3) is 0 Å². The lowest BCUT2D eigenvalue weighted by Crippen LogP contribution is -2.66. The lowest BCUT2D eigenvalue weighted by atomic mass is 10.1. The molecule has 3 amide bonds. The zero-order valence-electron chi connectivity index (χ0n) is 16.9. The summed E-state index contributed by atoms with van der Waals surface area (Å²) in [6.45, 7) is 7.75. The van der Waals surface area contributed by atoms with Crippen LogP contribution in [0.3, 0.4) is 0 Å². The molecule has 1 aromatic rings. The van der Waals surface area contributed by atoms with E-state index in [1.807, 2.05) is 31.0 Å². The molecule has 3 unspecified atom stereocenters. The van der Waals surface area contributed by atoms with Crippen molar-refractivity contribution in [2.75, 3.05) is 20.1 Å². The van der Waals surface area contributed by atoms with Gasteiger partial charge < -0.3 is 4.90 Å². The summed E-state index contributed by atoms with van der Waals surface area (Å²) >= 11 is 0. The monoisotopic (exact) mass is 384 g/mol. The van der Waals surface area contributed by atoms with Crippen molar-refractivity contribution in [3.8, 4) is 0 Å². The smallest absolute Gasteiger partial charge is 0.310 e. The standard InChI is InChI=1S/C20H28N6O2/c1-5-10-24-18(27)16-17(23(4)20(24)28)21-19-25(16)11-14(3)22-26(19)12-15-9-7-6-8-13(15)2/h6-9,16-17,19,21H,5,10-12H2,1-4H3. The molecule has 0 aliphatic carbocycles. The Morgan fingerprint density at radius 2 is 1.96 bits per heavy atom. The van der Waals surface area contributed by atoms with Crippen LogP contribution in [-0.4, -0.2) is 76.0 Å². The number of amides is 3. The molecule has 4 rings (SSSR count). The summed E-state index contributed by atoms with van der Waals surface area (Å²) < 4.78 is 0. The molecule has 0 spiro atoms. The molecular weight excluding hydrogens is 356 g/mol. The summed E-state index contributed by atoms with van der Waals surface area (Å²) in [6.07, 6.45) is 0.178. The molecule has 150 valence electrons. The number of carbonyl (C=O) groups is 2. The number of carbonyl (C=O) groups excluding carboxylic acids is 2. The van der Waals surface area contributed by atoms with Gasteiger partial charge in [-0.3, -0.25) is 20.0 Å². The Bertz CT molecular complexity index is 825. The van der Waals surface area contributed by atoms with E-state index in [9.17, 15) is 9.59 Å². The van der Waals surface area contributed by atoms with Crippen LogP contribution in [0.15, 0.2) is 29.4 Å². The third kappa shape index (κ3) is 2.97. The van der Waals surface area contributed by atoms with Gasteiger partial charge in [-0.05, 0) is 31.4 Å². The van der Waals surface area contributed by atoms with E-state index in [4.69, 9.17) is 5.10 Å². The maximum absolute atomic E-state index is 13.2. The minimum absolute atomic E-state index is 0.115. The summed E-state index contributed by atoms with van der Waals surface area (Å²) in [7, 11) is 1.76. The number of imide groups is 1. The third-order valence-corrected chi connectivity index (χ3v) is 5.79. The summed E-state index contributed by atoms with van der Waals surface area (Å²) in [5.41, 5.74) is 3.36. The number of likely N-dealkylation sites (N-methyl/N-ethyl adjacent to an activating group) is 1. The highest BCUT2D eigenvalue weighted by molar-refractivity contribution is 6.01. The van der Waals surface area contributed by atoms with Crippen LogP contribution in [-0.2, 0) is 11.3 Å². The quantitative estimate of drug-likeness (QED) is 0.849. The van der Waals surface area contributed by atoms with E-state index in [1.54, 1.807) is 11.9 Å². The number of nitrogens with zero attached hydrogens (tertiary/aromatic N) is 5. The van der Waals surface area contributed by atoms with E-state index < -0.39 is 6.04 Å². The van der Waals surface area contributed by atoms with Gasteiger partial charge in [0.2, 0.25) is 0 Å². The highest BCUT2D eigenvalue weighted by Gasteiger charge is 2.56. The molecule has 1 aromatic carbocycles. The van der Waals surface area contributed by atoms with Crippen LogP contribution < -0.4 is 5.32 Å². The lowest BCUT2D eigenvalue weighted by molar-refractivity contribution is -0.139. The number of hydrazone groups is 1. The van der Waals surface area contributed by atoms with Crippen molar-refractivity contribution in [3.05, 3.63) is 35.4 Å². The molecule has 1 N–H and O–H groups in total. The molecule has 3 atom stereocenters. The fourth-order valence-electron chi connectivity index (χ4n) is 4.36. The molecular formula is C20H28N6O2. The Morgan fingerprint density at radius 3 is 2.68 bits per heavy atom. The largest absolute Gasteiger partial charge is 0.327 e. The number of nitrogens with one attached hydrogen (secondary N) is 1. The fourth-order valence-corrected chi connectivity index (χ4v) is 4.36. The van der Waals surface area contributed by atoms with Gasteiger partial charge in [0.15, 0.2) is 6.29 Å². The zero-order valence-corrected chi connectivity index (χ0v) is 16.9. The maximum atomic E-state index is 13.2. The van der Waals surface area contributed by atoms with Crippen molar-refractivity contribution in [1.82, 2.24) is 25.0 Å². The molecule has 0 bridgehead atoms. The van der Waals surface area contributed by atoms with Crippen molar-refractivity contribution in [2.45, 2.75) is 52.2 Å².